The highest BCUT2D eigenvalue weighted by molar-refractivity contribution is 4.81. The fourth-order valence-corrected chi connectivity index (χ4v) is 2.57. The highest BCUT2D eigenvalue weighted by Crippen LogP contribution is 2.20. The first-order valence-corrected chi connectivity index (χ1v) is 6.79. The Morgan fingerprint density at radius 2 is 2.13 bits per heavy atom. The van der Waals surface area contributed by atoms with Gasteiger partial charge in [-0.2, -0.15) is 0 Å². The molecular weight excluding hydrogens is 184 g/mol. The molecule has 0 bridgehead atoms. The van der Waals surface area contributed by atoms with Crippen LogP contribution in [0.25, 0.3) is 0 Å². The van der Waals surface area contributed by atoms with Gasteiger partial charge in [-0.15, -0.1) is 0 Å². The van der Waals surface area contributed by atoms with Crippen molar-refractivity contribution in [3.63, 3.8) is 0 Å². The maximum atomic E-state index is 3.65. The van der Waals surface area contributed by atoms with E-state index >= 15 is 0 Å². The van der Waals surface area contributed by atoms with E-state index in [1.54, 1.807) is 0 Å². The van der Waals surface area contributed by atoms with Crippen LogP contribution in [-0.4, -0.2) is 36.6 Å². The fourth-order valence-electron chi connectivity index (χ4n) is 2.57. The summed E-state index contributed by atoms with van der Waals surface area (Å²) in [6, 6.07) is 1.57. The van der Waals surface area contributed by atoms with Gasteiger partial charge in [0.15, 0.2) is 0 Å². The normalized spacial score (nSPS) is 24.6. The first-order chi connectivity index (χ1) is 7.31. The first kappa shape index (κ1) is 13.0. The fraction of sp³-hybridized carbons (Fsp3) is 1.00. The molecule has 1 aliphatic heterocycles. The Hall–Kier alpha value is -0.0800. The molecule has 0 radical (unpaired) electrons. The van der Waals surface area contributed by atoms with Crippen LogP contribution in [0.5, 0.6) is 0 Å². The number of hydrogen-bond donors (Lipinski definition) is 1. The quantitative estimate of drug-likeness (QED) is 0.698. The van der Waals surface area contributed by atoms with E-state index in [2.05, 4.69) is 31.0 Å². The molecule has 0 saturated carbocycles. The van der Waals surface area contributed by atoms with Gasteiger partial charge >= 0.3 is 0 Å². The van der Waals surface area contributed by atoms with E-state index in [1.165, 1.54) is 51.7 Å². The van der Waals surface area contributed by atoms with Crippen LogP contribution in [0.4, 0.5) is 0 Å². The Morgan fingerprint density at radius 1 is 1.33 bits per heavy atom. The third-order valence-corrected chi connectivity index (χ3v) is 3.60. The molecule has 0 aliphatic carbocycles. The lowest BCUT2D eigenvalue weighted by Crippen LogP contribution is -2.42. The second kappa shape index (κ2) is 7.24. The smallest absolute Gasteiger partial charge is 0.0192 e. The number of nitrogens with zero attached hydrogens (tertiary/aromatic N) is 1. The monoisotopic (exact) mass is 212 g/mol. The van der Waals surface area contributed by atoms with Gasteiger partial charge in [0.05, 0.1) is 0 Å². The zero-order chi connectivity index (χ0) is 11.1. The van der Waals surface area contributed by atoms with Crippen molar-refractivity contribution >= 4 is 0 Å². The molecule has 1 saturated heterocycles. The molecule has 1 rings (SSSR count). The van der Waals surface area contributed by atoms with Crippen molar-refractivity contribution < 1.29 is 0 Å². The molecule has 1 fully saturated rings. The van der Waals surface area contributed by atoms with E-state index < -0.39 is 0 Å². The molecule has 1 heterocycles. The van der Waals surface area contributed by atoms with E-state index in [9.17, 15) is 0 Å². The van der Waals surface area contributed by atoms with Crippen molar-refractivity contribution in [1.29, 1.82) is 0 Å². The second-order valence-corrected chi connectivity index (χ2v) is 4.76. The third-order valence-electron chi connectivity index (χ3n) is 3.60. The molecule has 0 aromatic heterocycles. The van der Waals surface area contributed by atoms with E-state index in [0.717, 1.165) is 6.04 Å². The van der Waals surface area contributed by atoms with Gasteiger partial charge in [0.1, 0.15) is 0 Å². The lowest BCUT2D eigenvalue weighted by atomic mass is 10.1. The Bertz CT molecular complexity index is 159. The zero-order valence-corrected chi connectivity index (χ0v) is 10.8. The summed E-state index contributed by atoms with van der Waals surface area (Å²) in [5.41, 5.74) is 0. The Kier molecular flexibility index (Phi) is 6.26. The van der Waals surface area contributed by atoms with Gasteiger partial charge in [-0.1, -0.05) is 20.8 Å². The summed E-state index contributed by atoms with van der Waals surface area (Å²) >= 11 is 0. The van der Waals surface area contributed by atoms with Gasteiger partial charge in [0, 0.05) is 18.6 Å². The minimum Gasteiger partial charge on any atom is -0.313 e. The van der Waals surface area contributed by atoms with Crippen LogP contribution in [0.15, 0.2) is 0 Å². The largest absolute Gasteiger partial charge is 0.313 e. The first-order valence-electron chi connectivity index (χ1n) is 6.79. The highest BCUT2D eigenvalue weighted by atomic mass is 15.2. The molecule has 90 valence electrons. The molecule has 0 spiro atoms. The molecule has 1 N–H and O–H groups in total. The number of nitrogens with one attached hydrogen (secondary N) is 1. The van der Waals surface area contributed by atoms with E-state index in [0.29, 0.717) is 6.04 Å². The summed E-state index contributed by atoms with van der Waals surface area (Å²) in [4.78, 5) is 2.69. The average molecular weight is 212 g/mol. The standard InChI is InChI=1S/C13H28N2/c1-4-9-14-12(5-2)11-15-10-7-8-13(15)6-3/h12-14H,4-11H2,1-3H3. The van der Waals surface area contributed by atoms with Gasteiger partial charge in [-0.05, 0) is 45.2 Å². The molecule has 0 aromatic carbocycles. The van der Waals surface area contributed by atoms with Crippen molar-refractivity contribution in [1.82, 2.24) is 10.2 Å². The average Bonchev–Trinajstić information content (AvgIpc) is 2.71. The lowest BCUT2D eigenvalue weighted by Gasteiger charge is -2.28. The van der Waals surface area contributed by atoms with Crippen molar-refractivity contribution in [3.05, 3.63) is 0 Å². The highest BCUT2D eigenvalue weighted by Gasteiger charge is 2.24. The van der Waals surface area contributed by atoms with Crippen molar-refractivity contribution in [2.24, 2.45) is 0 Å². The minimum atomic E-state index is 0.706. The molecule has 2 nitrogen and oxygen atoms in total. The van der Waals surface area contributed by atoms with Gasteiger partial charge < -0.3 is 5.32 Å². The van der Waals surface area contributed by atoms with Crippen LogP contribution in [0.3, 0.4) is 0 Å². The van der Waals surface area contributed by atoms with Crippen molar-refractivity contribution in [3.8, 4) is 0 Å². The Morgan fingerprint density at radius 3 is 2.73 bits per heavy atom. The summed E-state index contributed by atoms with van der Waals surface area (Å²) < 4.78 is 0. The molecule has 2 unspecified atom stereocenters. The summed E-state index contributed by atoms with van der Waals surface area (Å²) in [6.45, 7) is 10.6. The number of likely N-dealkylation sites (tertiary alicyclic amines) is 1. The molecule has 2 heteroatoms. The van der Waals surface area contributed by atoms with E-state index in [4.69, 9.17) is 0 Å². The van der Waals surface area contributed by atoms with E-state index in [-0.39, 0.29) is 0 Å². The maximum absolute atomic E-state index is 3.65. The van der Waals surface area contributed by atoms with Crippen LogP contribution in [0.1, 0.15) is 52.9 Å². The summed E-state index contributed by atoms with van der Waals surface area (Å²) in [7, 11) is 0. The molecule has 0 amide bonds. The van der Waals surface area contributed by atoms with Crippen LogP contribution in [0.2, 0.25) is 0 Å². The van der Waals surface area contributed by atoms with Crippen LogP contribution in [-0.2, 0) is 0 Å². The molecule has 0 aromatic rings. The van der Waals surface area contributed by atoms with Crippen LogP contribution < -0.4 is 5.32 Å². The minimum absolute atomic E-state index is 0.706. The Labute approximate surface area is 95.4 Å². The number of hydrogen-bond acceptors (Lipinski definition) is 2. The summed E-state index contributed by atoms with van der Waals surface area (Å²) in [6.07, 6.45) is 6.65. The molecule has 15 heavy (non-hydrogen) atoms. The van der Waals surface area contributed by atoms with Crippen molar-refractivity contribution in [2.75, 3.05) is 19.6 Å². The maximum Gasteiger partial charge on any atom is 0.0192 e. The number of rotatable bonds is 7. The molecular formula is C13H28N2. The lowest BCUT2D eigenvalue weighted by molar-refractivity contribution is 0.218. The second-order valence-electron chi connectivity index (χ2n) is 4.76. The molecule has 1 aliphatic rings. The third kappa shape index (κ3) is 4.12. The van der Waals surface area contributed by atoms with Gasteiger partial charge in [-0.3, -0.25) is 4.90 Å². The van der Waals surface area contributed by atoms with Crippen LogP contribution in [0, 0.1) is 0 Å². The SMILES string of the molecule is CCCNC(CC)CN1CCCC1CC. The van der Waals surface area contributed by atoms with Crippen molar-refractivity contribution in [2.45, 2.75) is 65.0 Å². The van der Waals surface area contributed by atoms with Gasteiger partial charge in [-0.25, -0.2) is 0 Å². The van der Waals surface area contributed by atoms with Crippen LogP contribution >= 0.6 is 0 Å². The molecule has 2 atom stereocenters. The van der Waals surface area contributed by atoms with Gasteiger partial charge in [0.2, 0.25) is 0 Å². The van der Waals surface area contributed by atoms with E-state index in [1.807, 2.05) is 0 Å². The zero-order valence-electron chi connectivity index (χ0n) is 10.8. The summed E-state index contributed by atoms with van der Waals surface area (Å²) in [5.74, 6) is 0. The summed E-state index contributed by atoms with van der Waals surface area (Å²) in [5, 5.41) is 3.65. The predicted molar refractivity (Wildman–Crippen MR) is 67.3 cm³/mol. The Balaban J connectivity index is 2.29. The van der Waals surface area contributed by atoms with Gasteiger partial charge in [0.25, 0.3) is 0 Å². The topological polar surface area (TPSA) is 15.3 Å². The predicted octanol–water partition coefficient (Wildman–Crippen LogP) is 2.64.